The number of piperazine rings is 1. The van der Waals surface area contributed by atoms with Gasteiger partial charge >= 0.3 is 18.6 Å². The van der Waals surface area contributed by atoms with Crippen LogP contribution in [-0.2, 0) is 9.59 Å². The first-order valence-electron chi connectivity index (χ1n) is 9.03. The molecule has 0 amide bonds. The number of aliphatic carboxylic acids is 2. The number of alkyl halides is 2. The van der Waals surface area contributed by atoms with E-state index in [9.17, 15) is 13.2 Å². The highest BCUT2D eigenvalue weighted by Crippen LogP contribution is 2.37. The number of ether oxygens (including phenoxy) is 1. The summed E-state index contributed by atoms with van der Waals surface area (Å²) >= 11 is 5.97. The summed E-state index contributed by atoms with van der Waals surface area (Å²) < 4.78 is 43.0. The largest absolute Gasteiger partial charge is 0.473 e. The average molecular weight is 439 g/mol. The van der Waals surface area contributed by atoms with Gasteiger partial charge in [-0.3, -0.25) is 0 Å². The molecule has 1 saturated heterocycles. The van der Waals surface area contributed by atoms with Crippen LogP contribution in [0.2, 0.25) is 5.02 Å². The van der Waals surface area contributed by atoms with Crippen molar-refractivity contribution in [3.63, 3.8) is 0 Å². The van der Waals surface area contributed by atoms with Crippen molar-refractivity contribution in [1.29, 1.82) is 0 Å². The van der Waals surface area contributed by atoms with Gasteiger partial charge in [0.15, 0.2) is 11.6 Å². The third-order valence-corrected chi connectivity index (χ3v) is 5.08. The Balaban J connectivity index is 0.000000438. The van der Waals surface area contributed by atoms with E-state index < -0.39 is 30.1 Å². The van der Waals surface area contributed by atoms with Crippen LogP contribution in [0.1, 0.15) is 32.6 Å². The number of nitrogens with zero attached hydrogens (tertiary/aromatic N) is 1. The van der Waals surface area contributed by atoms with E-state index in [0.29, 0.717) is 11.7 Å². The van der Waals surface area contributed by atoms with Gasteiger partial charge in [0.2, 0.25) is 0 Å². The first-order valence-corrected chi connectivity index (χ1v) is 9.40. The smallest absolute Gasteiger partial charge is 0.414 e. The van der Waals surface area contributed by atoms with Crippen LogP contribution in [0.5, 0.6) is 5.75 Å². The molecule has 1 heterocycles. The number of fused-ring (bicyclic) bond motifs is 1. The lowest BCUT2D eigenvalue weighted by atomic mass is 9.86. The quantitative estimate of drug-likeness (QED) is 0.622. The first-order chi connectivity index (χ1) is 13.6. The third kappa shape index (κ3) is 6.14. The van der Waals surface area contributed by atoms with Crippen LogP contribution >= 0.6 is 11.6 Å². The topological polar surface area (TPSA) is 99.1 Å². The molecule has 3 atom stereocenters. The number of benzene rings is 1. The zero-order valence-corrected chi connectivity index (χ0v) is 16.3. The lowest BCUT2D eigenvalue weighted by Crippen LogP contribution is -2.62. The van der Waals surface area contributed by atoms with Gasteiger partial charge in [-0.2, -0.15) is 8.78 Å². The van der Waals surface area contributed by atoms with Gasteiger partial charge in [0.05, 0.1) is 5.02 Å². The number of rotatable bonds is 3. The molecule has 0 aromatic heterocycles. The molecule has 0 radical (unpaired) electrons. The molecule has 3 N–H and O–H groups in total. The molecule has 1 aromatic rings. The number of carbonyl (C=O) groups is 2. The fraction of sp³-hybridized carbons (Fsp3) is 0.556. The van der Waals surface area contributed by atoms with E-state index in [1.807, 2.05) is 0 Å². The normalized spacial score (nSPS) is 23.7. The van der Waals surface area contributed by atoms with Crippen molar-refractivity contribution in [3.05, 3.63) is 23.0 Å². The van der Waals surface area contributed by atoms with E-state index in [0.717, 1.165) is 25.8 Å². The van der Waals surface area contributed by atoms with Gasteiger partial charge in [-0.1, -0.05) is 24.4 Å². The van der Waals surface area contributed by atoms with Gasteiger partial charge in [-0.05, 0) is 25.8 Å². The fourth-order valence-electron chi connectivity index (χ4n) is 3.74. The number of anilines is 1. The Labute approximate surface area is 170 Å². The third-order valence-electron chi connectivity index (χ3n) is 4.80. The SMILES string of the molecule is C[C@@H]1CN(c2cc(F)c(OC(F)F)c(Cl)c2)[C@@H]2CCCC[C@H]2N1.O=C(O)C(=O)O. The van der Waals surface area contributed by atoms with Crippen molar-refractivity contribution in [2.45, 2.75) is 57.3 Å². The van der Waals surface area contributed by atoms with E-state index >= 15 is 0 Å². The number of carboxylic acid groups (broad SMARTS) is 2. The van der Waals surface area contributed by atoms with Gasteiger partial charge < -0.3 is 25.2 Å². The predicted molar refractivity (Wildman–Crippen MR) is 99.3 cm³/mol. The Bertz CT molecular complexity index is 717. The summed E-state index contributed by atoms with van der Waals surface area (Å²) in [5.74, 6) is -5.09. The second kappa shape index (κ2) is 10.0. The highest BCUT2D eigenvalue weighted by molar-refractivity contribution is 6.32. The summed E-state index contributed by atoms with van der Waals surface area (Å²) in [4.78, 5) is 20.3. The molecule has 1 aromatic carbocycles. The highest BCUT2D eigenvalue weighted by Gasteiger charge is 2.36. The van der Waals surface area contributed by atoms with Gasteiger partial charge in [-0.15, -0.1) is 0 Å². The number of hydrogen-bond donors (Lipinski definition) is 3. The first kappa shape index (κ1) is 23.1. The monoisotopic (exact) mass is 438 g/mol. The summed E-state index contributed by atoms with van der Waals surface area (Å²) in [6, 6.07) is 3.68. The van der Waals surface area contributed by atoms with Crippen LogP contribution in [0, 0.1) is 5.82 Å². The molecule has 11 heteroatoms. The van der Waals surface area contributed by atoms with E-state index in [1.165, 1.54) is 18.6 Å². The van der Waals surface area contributed by atoms with Crippen molar-refractivity contribution in [3.8, 4) is 5.75 Å². The summed E-state index contributed by atoms with van der Waals surface area (Å²) in [5.41, 5.74) is 0.624. The number of hydrogen-bond acceptors (Lipinski definition) is 5. The lowest BCUT2D eigenvalue weighted by molar-refractivity contribution is -0.159. The molecule has 1 aliphatic carbocycles. The van der Waals surface area contributed by atoms with Crippen molar-refractivity contribution >= 4 is 29.2 Å². The van der Waals surface area contributed by atoms with E-state index in [-0.39, 0.29) is 17.1 Å². The maximum Gasteiger partial charge on any atom is 0.414 e. The molecule has 29 heavy (non-hydrogen) atoms. The van der Waals surface area contributed by atoms with Crippen LogP contribution in [0.15, 0.2) is 12.1 Å². The molecular weight excluding hydrogens is 417 g/mol. The summed E-state index contributed by atoms with van der Waals surface area (Å²) in [7, 11) is 0. The Kier molecular flexibility index (Phi) is 7.97. The minimum Gasteiger partial charge on any atom is -0.473 e. The van der Waals surface area contributed by atoms with Gasteiger partial charge in [0, 0.05) is 36.4 Å². The van der Waals surface area contributed by atoms with Crippen molar-refractivity contribution < 1.29 is 37.7 Å². The number of carboxylic acids is 2. The molecule has 162 valence electrons. The molecule has 2 fully saturated rings. The number of halogens is 4. The molecular formula is C18H22ClF3N2O5. The predicted octanol–water partition coefficient (Wildman–Crippen LogP) is 3.35. The van der Waals surface area contributed by atoms with Crippen molar-refractivity contribution in [2.75, 3.05) is 11.4 Å². The molecule has 3 rings (SSSR count). The van der Waals surface area contributed by atoms with E-state index in [1.54, 1.807) is 0 Å². The van der Waals surface area contributed by atoms with Crippen LogP contribution in [-0.4, -0.2) is 53.4 Å². The minimum absolute atomic E-state index is 0.126. The van der Waals surface area contributed by atoms with Gasteiger partial charge in [0.1, 0.15) is 0 Å². The Hall–Kier alpha value is -2.20. The van der Waals surface area contributed by atoms with Crippen LogP contribution in [0.4, 0.5) is 18.9 Å². The summed E-state index contributed by atoms with van der Waals surface area (Å²) in [6.45, 7) is -0.287. The zero-order valence-electron chi connectivity index (χ0n) is 15.6. The van der Waals surface area contributed by atoms with Gasteiger partial charge in [0.25, 0.3) is 0 Å². The maximum absolute atomic E-state index is 14.2. The molecule has 1 saturated carbocycles. The summed E-state index contributed by atoms with van der Waals surface area (Å²) in [6.07, 6.45) is 4.44. The second-order valence-corrected chi connectivity index (χ2v) is 7.31. The van der Waals surface area contributed by atoms with E-state index in [2.05, 4.69) is 21.9 Å². The van der Waals surface area contributed by atoms with Crippen molar-refractivity contribution in [1.82, 2.24) is 5.32 Å². The molecule has 0 spiro atoms. The molecule has 0 bridgehead atoms. The average Bonchev–Trinajstić information content (AvgIpc) is 2.64. The fourth-order valence-corrected chi connectivity index (χ4v) is 3.98. The molecule has 7 nitrogen and oxygen atoms in total. The second-order valence-electron chi connectivity index (χ2n) is 6.91. The van der Waals surface area contributed by atoms with Crippen LogP contribution < -0.4 is 15.0 Å². The highest BCUT2D eigenvalue weighted by atomic mass is 35.5. The number of nitrogens with one attached hydrogen (secondary N) is 1. The van der Waals surface area contributed by atoms with Crippen LogP contribution in [0.25, 0.3) is 0 Å². The minimum atomic E-state index is -3.10. The maximum atomic E-state index is 14.2. The van der Waals surface area contributed by atoms with E-state index in [4.69, 9.17) is 31.4 Å². The molecule has 2 aliphatic rings. The van der Waals surface area contributed by atoms with Crippen molar-refractivity contribution in [2.24, 2.45) is 0 Å². The molecule has 1 aliphatic heterocycles. The van der Waals surface area contributed by atoms with Crippen LogP contribution in [0.3, 0.4) is 0 Å². The Morgan fingerprint density at radius 3 is 2.41 bits per heavy atom. The lowest BCUT2D eigenvalue weighted by Gasteiger charge is -2.48. The Morgan fingerprint density at radius 2 is 1.86 bits per heavy atom. The van der Waals surface area contributed by atoms with Gasteiger partial charge in [-0.25, -0.2) is 14.0 Å². The standard InChI is InChI=1S/C16H20ClF3N2O.C2H2O4/c1-9-8-22(14-5-3-2-4-13(14)21-9)10-6-11(17)15(12(18)7-10)23-16(19)20;3-1(4)2(5)6/h6-7,9,13-14,16,21H,2-5,8H2,1H3;(H,3,4)(H,5,6)/t9-,13-,14-;/m1./s1. The Morgan fingerprint density at radius 1 is 1.24 bits per heavy atom. The molecule has 0 unspecified atom stereocenters. The summed E-state index contributed by atoms with van der Waals surface area (Å²) in [5, 5.41) is 18.2. The zero-order chi connectivity index (χ0) is 21.7.